The second-order valence-electron chi connectivity index (χ2n) is 8.86. The van der Waals surface area contributed by atoms with E-state index in [-0.39, 0.29) is 23.1 Å². The number of carbonyl (C=O) groups is 2. The number of piperazine rings is 1. The van der Waals surface area contributed by atoms with Crippen LogP contribution in [-0.2, 0) is 4.79 Å². The van der Waals surface area contributed by atoms with Gasteiger partial charge in [0.05, 0.1) is 0 Å². The molecule has 0 aromatic heterocycles. The van der Waals surface area contributed by atoms with Gasteiger partial charge in [0.15, 0.2) is 0 Å². The molecule has 1 spiro atoms. The van der Waals surface area contributed by atoms with Gasteiger partial charge in [-0.1, -0.05) is 6.07 Å². The highest BCUT2D eigenvalue weighted by Crippen LogP contribution is 2.35. The first-order valence-corrected chi connectivity index (χ1v) is 10.5. The van der Waals surface area contributed by atoms with Crippen LogP contribution in [0.2, 0.25) is 0 Å². The third-order valence-corrected chi connectivity index (χ3v) is 7.00. The molecule has 6 nitrogen and oxygen atoms in total. The topological polar surface area (TPSA) is 64.1 Å². The Labute approximate surface area is 167 Å². The van der Waals surface area contributed by atoms with Gasteiger partial charge in [-0.05, 0) is 57.7 Å². The van der Waals surface area contributed by atoms with Crippen molar-refractivity contribution < 1.29 is 14.7 Å². The van der Waals surface area contributed by atoms with Crippen LogP contribution in [0.25, 0.3) is 0 Å². The molecule has 1 N–H and O–H groups in total. The summed E-state index contributed by atoms with van der Waals surface area (Å²) in [5.41, 5.74) is 1.05. The number of benzene rings is 1. The number of nitrogens with zero attached hydrogens (tertiary/aromatic N) is 3. The molecule has 4 rings (SSSR count). The lowest BCUT2D eigenvalue weighted by Crippen LogP contribution is -2.62. The summed E-state index contributed by atoms with van der Waals surface area (Å²) in [4.78, 5) is 32.2. The molecule has 0 radical (unpaired) electrons. The second kappa shape index (κ2) is 7.39. The zero-order valence-corrected chi connectivity index (χ0v) is 17.0. The van der Waals surface area contributed by atoms with E-state index in [0.717, 1.165) is 32.5 Å². The molecule has 1 aliphatic carbocycles. The van der Waals surface area contributed by atoms with Gasteiger partial charge >= 0.3 is 0 Å². The molecular weight excluding hydrogens is 354 g/mol. The first-order chi connectivity index (χ1) is 13.4. The van der Waals surface area contributed by atoms with Crippen LogP contribution in [0.15, 0.2) is 18.2 Å². The molecule has 2 amide bonds. The quantitative estimate of drug-likeness (QED) is 0.867. The van der Waals surface area contributed by atoms with Crippen molar-refractivity contribution in [3.05, 3.63) is 29.3 Å². The Morgan fingerprint density at radius 1 is 1.21 bits per heavy atom. The predicted molar refractivity (Wildman–Crippen MR) is 107 cm³/mol. The largest absolute Gasteiger partial charge is 0.508 e. The molecule has 1 aromatic rings. The molecule has 6 heteroatoms. The number of likely N-dealkylation sites (N-methyl/N-ethyl adjacent to an activating group) is 1. The molecule has 28 heavy (non-hydrogen) atoms. The fourth-order valence-electron chi connectivity index (χ4n) is 4.70. The second-order valence-corrected chi connectivity index (χ2v) is 8.86. The molecule has 2 heterocycles. The van der Waals surface area contributed by atoms with E-state index >= 15 is 0 Å². The molecule has 0 bridgehead atoms. The predicted octanol–water partition coefficient (Wildman–Crippen LogP) is 2.25. The van der Waals surface area contributed by atoms with E-state index in [9.17, 15) is 14.7 Å². The van der Waals surface area contributed by atoms with Gasteiger partial charge in [-0.2, -0.15) is 0 Å². The highest BCUT2D eigenvalue weighted by atomic mass is 16.3. The van der Waals surface area contributed by atoms with Gasteiger partial charge in [-0.25, -0.2) is 0 Å². The number of hydrogen-bond acceptors (Lipinski definition) is 4. The van der Waals surface area contributed by atoms with Crippen molar-refractivity contribution >= 4 is 11.8 Å². The third kappa shape index (κ3) is 3.62. The minimum atomic E-state index is -0.146. The van der Waals surface area contributed by atoms with Gasteiger partial charge in [0.25, 0.3) is 5.91 Å². The lowest BCUT2D eigenvalue weighted by Gasteiger charge is -2.49. The highest BCUT2D eigenvalue weighted by molar-refractivity contribution is 5.96. The molecule has 0 unspecified atom stereocenters. The Balaban J connectivity index is 1.51. The minimum Gasteiger partial charge on any atom is -0.508 e. The SMILES string of the molecule is Cc1c(O)cccc1C(=O)N1CCN(C)[C@]2(CCC(=O)N(CC3CC3)CC2)C1. The zero-order valence-electron chi connectivity index (χ0n) is 17.0. The van der Waals surface area contributed by atoms with E-state index in [1.807, 2.05) is 4.90 Å². The molecule has 3 fully saturated rings. The fraction of sp³-hybridized carbons (Fsp3) is 0.636. The maximum absolute atomic E-state index is 13.2. The van der Waals surface area contributed by atoms with Crippen LogP contribution in [0, 0.1) is 12.8 Å². The van der Waals surface area contributed by atoms with E-state index in [1.165, 1.54) is 12.8 Å². The normalized spacial score (nSPS) is 26.6. The van der Waals surface area contributed by atoms with Crippen LogP contribution in [0.5, 0.6) is 5.75 Å². The maximum atomic E-state index is 13.2. The molecule has 1 saturated carbocycles. The summed E-state index contributed by atoms with van der Waals surface area (Å²) in [6.07, 6.45) is 4.77. The summed E-state index contributed by atoms with van der Waals surface area (Å²) in [7, 11) is 2.13. The Morgan fingerprint density at radius 3 is 2.75 bits per heavy atom. The van der Waals surface area contributed by atoms with E-state index in [2.05, 4.69) is 16.8 Å². The standard InChI is InChI=1S/C22H31N3O3/c1-16-18(4-3-5-19(16)26)21(28)25-13-12-23(2)22(15-25)9-8-20(27)24(11-10-22)14-17-6-7-17/h3-5,17,26H,6-15H2,1-2H3/t22-/m0/s1. The number of aromatic hydroxyl groups is 1. The number of amides is 2. The van der Waals surface area contributed by atoms with Gasteiger partial charge < -0.3 is 14.9 Å². The van der Waals surface area contributed by atoms with Crippen LogP contribution < -0.4 is 0 Å². The van der Waals surface area contributed by atoms with Crippen LogP contribution in [0.1, 0.15) is 48.0 Å². The highest BCUT2D eigenvalue weighted by Gasteiger charge is 2.44. The van der Waals surface area contributed by atoms with E-state index in [1.54, 1.807) is 25.1 Å². The van der Waals surface area contributed by atoms with Crippen molar-refractivity contribution in [2.75, 3.05) is 39.8 Å². The van der Waals surface area contributed by atoms with E-state index < -0.39 is 0 Å². The summed E-state index contributed by atoms with van der Waals surface area (Å²) in [6, 6.07) is 5.13. The number of carbonyl (C=O) groups excluding carboxylic acids is 2. The number of rotatable bonds is 3. The number of likely N-dealkylation sites (tertiary alicyclic amines) is 1. The summed E-state index contributed by atoms with van der Waals surface area (Å²) in [5, 5.41) is 9.98. The molecule has 1 atom stereocenters. The summed E-state index contributed by atoms with van der Waals surface area (Å²) in [6.45, 7) is 5.60. The van der Waals surface area contributed by atoms with Crippen LogP contribution in [0.4, 0.5) is 0 Å². The molecule has 2 aliphatic heterocycles. The van der Waals surface area contributed by atoms with Crippen molar-refractivity contribution in [2.24, 2.45) is 5.92 Å². The Hall–Kier alpha value is -2.08. The first-order valence-electron chi connectivity index (χ1n) is 10.5. The van der Waals surface area contributed by atoms with Crippen LogP contribution >= 0.6 is 0 Å². The van der Waals surface area contributed by atoms with Crippen molar-refractivity contribution in [1.29, 1.82) is 0 Å². The smallest absolute Gasteiger partial charge is 0.254 e. The molecule has 152 valence electrons. The van der Waals surface area contributed by atoms with Crippen molar-refractivity contribution in [3.63, 3.8) is 0 Å². The number of hydrogen-bond donors (Lipinski definition) is 1. The Bertz CT molecular complexity index is 776. The fourth-order valence-corrected chi connectivity index (χ4v) is 4.70. The van der Waals surface area contributed by atoms with Gasteiger partial charge in [0, 0.05) is 55.8 Å². The lowest BCUT2D eigenvalue weighted by atomic mass is 9.86. The van der Waals surface area contributed by atoms with Gasteiger partial charge in [0.2, 0.25) is 5.91 Å². The van der Waals surface area contributed by atoms with Gasteiger partial charge in [-0.15, -0.1) is 0 Å². The maximum Gasteiger partial charge on any atom is 0.254 e. The minimum absolute atomic E-state index is 0.0220. The van der Waals surface area contributed by atoms with Crippen molar-refractivity contribution in [1.82, 2.24) is 14.7 Å². The average molecular weight is 386 g/mol. The van der Waals surface area contributed by atoms with Crippen LogP contribution in [0.3, 0.4) is 0 Å². The monoisotopic (exact) mass is 385 g/mol. The first kappa shape index (κ1) is 19.2. The average Bonchev–Trinajstić information content (AvgIpc) is 3.51. The van der Waals surface area contributed by atoms with E-state index in [0.29, 0.717) is 36.6 Å². The summed E-state index contributed by atoms with van der Waals surface area (Å²) in [5.74, 6) is 1.11. The number of phenols is 1. The molecule has 2 saturated heterocycles. The summed E-state index contributed by atoms with van der Waals surface area (Å²) >= 11 is 0. The summed E-state index contributed by atoms with van der Waals surface area (Å²) < 4.78 is 0. The van der Waals surface area contributed by atoms with Crippen molar-refractivity contribution in [3.8, 4) is 5.75 Å². The number of phenolic OH excluding ortho intramolecular Hbond substituents is 1. The van der Waals surface area contributed by atoms with E-state index in [4.69, 9.17) is 0 Å². The molecule has 3 aliphatic rings. The zero-order chi connectivity index (χ0) is 19.9. The Morgan fingerprint density at radius 2 is 2.00 bits per heavy atom. The van der Waals surface area contributed by atoms with Gasteiger partial charge in [-0.3, -0.25) is 14.5 Å². The lowest BCUT2D eigenvalue weighted by molar-refractivity contribution is -0.130. The van der Waals surface area contributed by atoms with Gasteiger partial charge in [0.1, 0.15) is 5.75 Å². The Kier molecular flexibility index (Phi) is 5.08. The van der Waals surface area contributed by atoms with Crippen LogP contribution in [-0.4, -0.2) is 76.9 Å². The molecular formula is C22H31N3O3. The molecule has 1 aromatic carbocycles. The van der Waals surface area contributed by atoms with Crippen molar-refractivity contribution in [2.45, 2.75) is 44.6 Å². The third-order valence-electron chi connectivity index (χ3n) is 7.00.